The standard InChI is InChI=1S/C23H16ClN3O2S2/c1-26-18-8-4-5-9-19(18)30-22(26)20-21(29)27(14-10-12-15(28)13-11-14)23(31-20)25-17-7-3-2-6-16(17)24/h2-13,28H,1H3. The topological polar surface area (TPSA) is 56.1 Å². The number of anilines is 2. The number of benzene rings is 3. The van der Waals surface area contributed by atoms with Crippen molar-refractivity contribution in [3.63, 3.8) is 0 Å². The van der Waals surface area contributed by atoms with Crippen molar-refractivity contribution in [1.29, 1.82) is 0 Å². The number of amides is 1. The summed E-state index contributed by atoms with van der Waals surface area (Å²) in [7, 11) is 1.96. The second-order valence-electron chi connectivity index (χ2n) is 6.87. The molecule has 3 aromatic rings. The van der Waals surface area contributed by atoms with E-state index in [0.717, 1.165) is 15.6 Å². The van der Waals surface area contributed by atoms with E-state index in [1.54, 1.807) is 47.0 Å². The molecule has 1 amide bonds. The van der Waals surface area contributed by atoms with Gasteiger partial charge < -0.3 is 10.0 Å². The minimum absolute atomic E-state index is 0.132. The van der Waals surface area contributed by atoms with Gasteiger partial charge in [0, 0.05) is 11.9 Å². The molecule has 31 heavy (non-hydrogen) atoms. The first kappa shape index (κ1) is 20.1. The predicted octanol–water partition coefficient (Wildman–Crippen LogP) is 6.22. The summed E-state index contributed by atoms with van der Waals surface area (Å²) in [6.07, 6.45) is 0. The van der Waals surface area contributed by atoms with Crippen LogP contribution in [0.3, 0.4) is 0 Å². The lowest BCUT2D eigenvalue weighted by atomic mass is 10.2. The van der Waals surface area contributed by atoms with Crippen molar-refractivity contribution in [2.24, 2.45) is 4.99 Å². The summed E-state index contributed by atoms with van der Waals surface area (Å²) in [5.74, 6) is -0.0311. The summed E-state index contributed by atoms with van der Waals surface area (Å²) in [6, 6.07) is 21.8. The van der Waals surface area contributed by atoms with Crippen LogP contribution < -0.4 is 9.80 Å². The highest BCUT2D eigenvalue weighted by Crippen LogP contribution is 2.50. The number of nitrogens with zero attached hydrogens (tertiary/aromatic N) is 3. The Labute approximate surface area is 193 Å². The number of aliphatic imine (C=N–C) groups is 1. The molecule has 2 heterocycles. The van der Waals surface area contributed by atoms with Gasteiger partial charge >= 0.3 is 0 Å². The minimum atomic E-state index is -0.163. The number of rotatable bonds is 2. The van der Waals surface area contributed by atoms with E-state index in [4.69, 9.17) is 16.6 Å². The third-order valence-electron chi connectivity index (χ3n) is 4.89. The van der Waals surface area contributed by atoms with Gasteiger partial charge in [0.15, 0.2) is 5.17 Å². The van der Waals surface area contributed by atoms with Crippen LogP contribution in [0.5, 0.6) is 5.75 Å². The Morgan fingerprint density at radius 1 is 0.935 bits per heavy atom. The molecule has 2 aliphatic heterocycles. The van der Waals surface area contributed by atoms with Crippen molar-refractivity contribution in [2.45, 2.75) is 4.90 Å². The van der Waals surface area contributed by atoms with Crippen LogP contribution in [0.2, 0.25) is 5.02 Å². The van der Waals surface area contributed by atoms with Gasteiger partial charge in [-0.3, -0.25) is 9.69 Å². The average Bonchev–Trinajstić information content (AvgIpc) is 3.27. The van der Waals surface area contributed by atoms with Crippen molar-refractivity contribution in [2.75, 3.05) is 16.8 Å². The molecule has 154 valence electrons. The lowest BCUT2D eigenvalue weighted by Gasteiger charge is -2.17. The first-order valence-electron chi connectivity index (χ1n) is 9.42. The summed E-state index contributed by atoms with van der Waals surface area (Å²) < 4.78 is 0. The SMILES string of the molecule is CN1C(=C2SC(=Nc3ccccc3Cl)N(c3ccc(O)cc3)C2=O)Sc2ccccc21. The average molecular weight is 466 g/mol. The molecule has 0 aromatic heterocycles. The van der Waals surface area contributed by atoms with E-state index in [2.05, 4.69) is 0 Å². The molecule has 5 rings (SSSR count). The van der Waals surface area contributed by atoms with E-state index < -0.39 is 0 Å². The van der Waals surface area contributed by atoms with Crippen LogP contribution in [-0.2, 0) is 4.79 Å². The highest BCUT2D eigenvalue weighted by Gasteiger charge is 2.40. The number of phenols is 1. The van der Waals surface area contributed by atoms with E-state index in [1.807, 2.05) is 54.4 Å². The number of carbonyl (C=O) groups is 1. The Bertz CT molecular complexity index is 1260. The second-order valence-corrected chi connectivity index (χ2v) is 9.28. The summed E-state index contributed by atoms with van der Waals surface area (Å²) >= 11 is 9.22. The van der Waals surface area contributed by atoms with Crippen LogP contribution in [0.25, 0.3) is 0 Å². The molecule has 3 aromatic carbocycles. The van der Waals surface area contributed by atoms with Crippen molar-refractivity contribution < 1.29 is 9.90 Å². The van der Waals surface area contributed by atoms with Gasteiger partial charge in [0.2, 0.25) is 0 Å². The Balaban J connectivity index is 1.63. The fourth-order valence-corrected chi connectivity index (χ4v) is 5.87. The van der Waals surface area contributed by atoms with Gasteiger partial charge in [-0.25, -0.2) is 4.99 Å². The van der Waals surface area contributed by atoms with Gasteiger partial charge in [0.05, 0.1) is 27.1 Å². The Hall–Kier alpha value is -2.87. The fourth-order valence-electron chi connectivity index (χ4n) is 3.35. The van der Waals surface area contributed by atoms with Crippen LogP contribution in [0, 0.1) is 0 Å². The number of carbonyl (C=O) groups excluding carboxylic acids is 1. The Morgan fingerprint density at radius 3 is 2.39 bits per heavy atom. The maximum absolute atomic E-state index is 13.6. The van der Waals surface area contributed by atoms with Gasteiger partial charge in [0.25, 0.3) is 5.91 Å². The molecule has 0 saturated carbocycles. The molecule has 0 radical (unpaired) electrons. The number of fused-ring (bicyclic) bond motifs is 1. The van der Waals surface area contributed by atoms with Crippen LogP contribution in [0.15, 0.2) is 92.6 Å². The molecule has 1 saturated heterocycles. The molecule has 0 unspecified atom stereocenters. The number of phenolic OH excluding ortho intramolecular Hbond substituents is 1. The van der Waals surface area contributed by atoms with E-state index in [1.165, 1.54) is 11.8 Å². The highest BCUT2D eigenvalue weighted by molar-refractivity contribution is 8.20. The van der Waals surface area contributed by atoms with Crippen LogP contribution in [0.1, 0.15) is 0 Å². The number of amidine groups is 1. The number of thioether (sulfide) groups is 2. The van der Waals surface area contributed by atoms with Crippen LogP contribution >= 0.6 is 35.1 Å². The van der Waals surface area contributed by atoms with E-state index in [-0.39, 0.29) is 11.7 Å². The van der Waals surface area contributed by atoms with Crippen LogP contribution in [-0.4, -0.2) is 23.2 Å². The minimum Gasteiger partial charge on any atom is -0.508 e. The molecular weight excluding hydrogens is 450 g/mol. The molecule has 0 spiro atoms. The number of para-hydroxylation sites is 2. The summed E-state index contributed by atoms with van der Waals surface area (Å²) in [5, 5.41) is 11.6. The largest absolute Gasteiger partial charge is 0.508 e. The number of halogens is 1. The van der Waals surface area contributed by atoms with Gasteiger partial charge in [-0.05, 0) is 60.3 Å². The van der Waals surface area contributed by atoms with Crippen LogP contribution in [0.4, 0.5) is 17.1 Å². The fraction of sp³-hybridized carbons (Fsp3) is 0.0435. The first-order valence-corrected chi connectivity index (χ1v) is 11.4. The smallest absolute Gasteiger partial charge is 0.274 e. The summed E-state index contributed by atoms with van der Waals surface area (Å²) in [5.41, 5.74) is 2.28. The van der Waals surface area contributed by atoms with Crippen molar-refractivity contribution in [1.82, 2.24) is 0 Å². The summed E-state index contributed by atoms with van der Waals surface area (Å²) in [4.78, 5) is 23.6. The first-order chi connectivity index (χ1) is 15.0. The zero-order chi connectivity index (χ0) is 21.5. The summed E-state index contributed by atoms with van der Waals surface area (Å²) in [6.45, 7) is 0. The highest BCUT2D eigenvalue weighted by atomic mass is 35.5. The third kappa shape index (κ3) is 3.59. The normalized spacial score (nSPS) is 19.4. The monoisotopic (exact) mass is 465 g/mol. The van der Waals surface area contributed by atoms with Crippen molar-refractivity contribution in [3.05, 3.63) is 87.8 Å². The van der Waals surface area contributed by atoms with Crippen molar-refractivity contribution in [3.8, 4) is 5.75 Å². The molecule has 5 nitrogen and oxygen atoms in total. The number of hydrogen-bond acceptors (Lipinski definition) is 6. The molecule has 0 bridgehead atoms. The number of aromatic hydroxyl groups is 1. The predicted molar refractivity (Wildman–Crippen MR) is 129 cm³/mol. The van der Waals surface area contributed by atoms with E-state index in [0.29, 0.717) is 26.5 Å². The Morgan fingerprint density at radius 2 is 1.65 bits per heavy atom. The maximum Gasteiger partial charge on any atom is 0.274 e. The number of hydrogen-bond donors (Lipinski definition) is 1. The van der Waals surface area contributed by atoms with Crippen molar-refractivity contribution >= 4 is 63.3 Å². The lowest BCUT2D eigenvalue weighted by molar-refractivity contribution is -0.113. The molecule has 0 atom stereocenters. The third-order valence-corrected chi connectivity index (χ3v) is 7.60. The van der Waals surface area contributed by atoms with E-state index >= 15 is 0 Å². The quantitative estimate of drug-likeness (QED) is 0.455. The molecular formula is C23H16ClN3O2S2. The molecule has 1 fully saturated rings. The van der Waals surface area contributed by atoms with Gasteiger partial charge in [-0.2, -0.15) is 0 Å². The maximum atomic E-state index is 13.6. The van der Waals surface area contributed by atoms with E-state index in [9.17, 15) is 9.90 Å². The van der Waals surface area contributed by atoms with Gasteiger partial charge in [-0.15, -0.1) is 0 Å². The van der Waals surface area contributed by atoms with Gasteiger partial charge in [-0.1, -0.05) is 47.6 Å². The van der Waals surface area contributed by atoms with Gasteiger partial charge in [0.1, 0.15) is 10.7 Å². The molecule has 1 N–H and O–H groups in total. The Kier molecular flexibility index (Phi) is 5.17. The molecule has 2 aliphatic rings. The lowest BCUT2D eigenvalue weighted by Crippen LogP contribution is -2.29. The zero-order valence-electron chi connectivity index (χ0n) is 16.3. The molecule has 0 aliphatic carbocycles. The zero-order valence-corrected chi connectivity index (χ0v) is 18.7. The second kappa shape index (κ2) is 8.00. The molecule has 8 heteroatoms.